The Labute approximate surface area is 147 Å². The van der Waals surface area contributed by atoms with E-state index in [0.29, 0.717) is 18.1 Å². The van der Waals surface area contributed by atoms with Gasteiger partial charge in [0.15, 0.2) is 0 Å². The highest BCUT2D eigenvalue weighted by Crippen LogP contribution is 2.26. The van der Waals surface area contributed by atoms with Gasteiger partial charge in [-0.1, -0.05) is 15.9 Å². The van der Waals surface area contributed by atoms with Gasteiger partial charge in [0, 0.05) is 22.1 Å². The van der Waals surface area contributed by atoms with Crippen LogP contribution in [0.1, 0.15) is 16.9 Å². The van der Waals surface area contributed by atoms with Crippen molar-refractivity contribution in [2.75, 3.05) is 5.73 Å². The fraction of sp³-hybridized carbons (Fsp3) is 0.111. The Morgan fingerprint density at radius 1 is 1.38 bits per heavy atom. The number of rotatable bonds is 4. The summed E-state index contributed by atoms with van der Waals surface area (Å²) in [4.78, 5) is 15.9. The van der Waals surface area contributed by atoms with Crippen molar-refractivity contribution in [1.29, 1.82) is 0 Å². The highest BCUT2D eigenvalue weighted by molar-refractivity contribution is 9.10. The molecule has 0 radical (unpaired) electrons. The predicted molar refractivity (Wildman–Crippen MR) is 98.2 cm³/mol. The average molecular weight is 386 g/mol. The Hall–Kier alpha value is -2.60. The van der Waals surface area contributed by atoms with Crippen molar-refractivity contribution < 1.29 is 9.21 Å². The maximum atomic E-state index is 11.9. The van der Waals surface area contributed by atoms with Crippen molar-refractivity contribution >= 4 is 44.7 Å². The first kappa shape index (κ1) is 16.3. The van der Waals surface area contributed by atoms with Gasteiger partial charge in [0.25, 0.3) is 0 Å². The first-order valence-corrected chi connectivity index (χ1v) is 8.16. The number of benzene rings is 1. The molecule has 0 saturated carbocycles. The number of furan rings is 1. The van der Waals surface area contributed by atoms with Crippen molar-refractivity contribution in [3.8, 4) is 0 Å². The largest absolute Gasteiger partial charge is 0.459 e. The van der Waals surface area contributed by atoms with Crippen LogP contribution in [0.2, 0.25) is 0 Å². The molecule has 5 nitrogen and oxygen atoms in total. The van der Waals surface area contributed by atoms with Crippen LogP contribution in [0.15, 0.2) is 51.5 Å². The lowest BCUT2D eigenvalue weighted by atomic mass is 10.2. The van der Waals surface area contributed by atoms with Gasteiger partial charge in [-0.05, 0) is 54.5 Å². The summed E-state index contributed by atoms with van der Waals surface area (Å²) >= 11 is 3.47. The molecule has 1 amide bonds. The molecule has 0 unspecified atom stereocenters. The molecule has 2 heterocycles. The highest BCUT2D eigenvalue weighted by atomic mass is 79.9. The number of aryl methyl sites for hydroxylation is 1. The number of pyridine rings is 1. The molecule has 0 spiro atoms. The molecule has 3 aromatic rings. The molecule has 122 valence electrons. The van der Waals surface area contributed by atoms with Crippen LogP contribution in [-0.2, 0) is 11.3 Å². The number of aromatic nitrogens is 1. The summed E-state index contributed by atoms with van der Waals surface area (Å²) in [5, 5.41) is 3.81. The van der Waals surface area contributed by atoms with E-state index in [1.807, 2.05) is 25.1 Å². The topological polar surface area (TPSA) is 81.2 Å². The molecule has 3 rings (SSSR count). The molecule has 3 N–H and O–H groups in total. The van der Waals surface area contributed by atoms with E-state index in [1.165, 1.54) is 6.08 Å². The number of nitrogen functional groups attached to an aromatic ring is 1. The third kappa shape index (κ3) is 3.83. The van der Waals surface area contributed by atoms with Gasteiger partial charge in [-0.2, -0.15) is 0 Å². The van der Waals surface area contributed by atoms with E-state index >= 15 is 0 Å². The zero-order valence-electron chi connectivity index (χ0n) is 13.0. The van der Waals surface area contributed by atoms with Gasteiger partial charge in [-0.25, -0.2) is 4.98 Å². The second-order valence-corrected chi connectivity index (χ2v) is 6.34. The molecule has 0 atom stereocenters. The number of nitrogens with one attached hydrogen (secondary N) is 1. The molecular formula is C18H16BrN3O2. The van der Waals surface area contributed by atoms with E-state index in [4.69, 9.17) is 10.2 Å². The number of nitrogens with two attached hydrogens (primary N) is 1. The zero-order valence-corrected chi connectivity index (χ0v) is 14.6. The van der Waals surface area contributed by atoms with E-state index < -0.39 is 0 Å². The van der Waals surface area contributed by atoms with Crippen molar-refractivity contribution in [2.45, 2.75) is 13.5 Å². The molecule has 6 heteroatoms. The zero-order chi connectivity index (χ0) is 17.1. The van der Waals surface area contributed by atoms with Crippen LogP contribution >= 0.6 is 15.9 Å². The Morgan fingerprint density at radius 3 is 2.96 bits per heavy atom. The summed E-state index contributed by atoms with van der Waals surface area (Å²) in [7, 11) is 0. The maximum absolute atomic E-state index is 11.9. The first-order chi connectivity index (χ1) is 11.5. The number of hydrogen-bond donors (Lipinski definition) is 2. The second kappa shape index (κ2) is 6.88. The highest BCUT2D eigenvalue weighted by Gasteiger charge is 2.08. The van der Waals surface area contributed by atoms with Gasteiger partial charge < -0.3 is 15.5 Å². The molecule has 0 aliphatic rings. The molecule has 1 aromatic carbocycles. The number of anilines is 1. The van der Waals surface area contributed by atoms with Crippen LogP contribution < -0.4 is 11.1 Å². The maximum Gasteiger partial charge on any atom is 0.244 e. The molecule has 0 fully saturated rings. The Bertz CT molecular complexity index is 914. The van der Waals surface area contributed by atoms with Gasteiger partial charge in [0.05, 0.1) is 6.54 Å². The van der Waals surface area contributed by atoms with E-state index in [9.17, 15) is 4.79 Å². The van der Waals surface area contributed by atoms with Crippen molar-refractivity contribution in [3.63, 3.8) is 0 Å². The minimum Gasteiger partial charge on any atom is -0.459 e. The molecule has 0 bridgehead atoms. The van der Waals surface area contributed by atoms with Crippen molar-refractivity contribution in [1.82, 2.24) is 10.3 Å². The number of nitrogens with zero attached hydrogens (tertiary/aromatic N) is 1. The molecule has 0 aliphatic heterocycles. The normalized spacial score (nSPS) is 11.2. The fourth-order valence-corrected chi connectivity index (χ4v) is 2.93. The van der Waals surface area contributed by atoms with Crippen molar-refractivity contribution in [3.05, 3.63) is 64.0 Å². The first-order valence-electron chi connectivity index (χ1n) is 7.37. The van der Waals surface area contributed by atoms with Crippen LogP contribution in [0.3, 0.4) is 0 Å². The minimum absolute atomic E-state index is 0.204. The van der Waals surface area contributed by atoms with Crippen LogP contribution in [0.5, 0.6) is 0 Å². The fourth-order valence-electron chi connectivity index (χ4n) is 2.34. The molecular weight excluding hydrogens is 370 g/mol. The van der Waals surface area contributed by atoms with E-state index in [0.717, 1.165) is 26.6 Å². The molecule has 0 saturated heterocycles. The van der Waals surface area contributed by atoms with Crippen LogP contribution in [0, 0.1) is 6.92 Å². The van der Waals surface area contributed by atoms with Gasteiger partial charge >= 0.3 is 0 Å². The Morgan fingerprint density at radius 2 is 2.21 bits per heavy atom. The Kier molecular flexibility index (Phi) is 4.66. The molecule has 24 heavy (non-hydrogen) atoms. The number of fused-ring (bicyclic) bond motifs is 1. The lowest BCUT2D eigenvalue weighted by Crippen LogP contribution is -2.19. The summed E-state index contributed by atoms with van der Waals surface area (Å²) in [6.07, 6.45) is 4.75. The predicted octanol–water partition coefficient (Wildman–Crippen LogP) is 3.81. The van der Waals surface area contributed by atoms with Crippen LogP contribution in [0.4, 0.5) is 5.82 Å². The summed E-state index contributed by atoms with van der Waals surface area (Å²) < 4.78 is 6.80. The summed E-state index contributed by atoms with van der Waals surface area (Å²) in [5.74, 6) is 0.954. The van der Waals surface area contributed by atoms with E-state index in [1.54, 1.807) is 24.4 Å². The van der Waals surface area contributed by atoms with Gasteiger partial charge in [0.2, 0.25) is 5.91 Å². The minimum atomic E-state index is -0.204. The van der Waals surface area contributed by atoms with E-state index in [2.05, 4.69) is 26.2 Å². The number of hydrogen-bond acceptors (Lipinski definition) is 4. The summed E-state index contributed by atoms with van der Waals surface area (Å²) in [6.45, 7) is 2.32. The second-order valence-electron chi connectivity index (χ2n) is 5.42. The smallest absolute Gasteiger partial charge is 0.244 e. The number of carbonyl (C=O) groups excluding carboxylic acids is 1. The molecule has 0 aliphatic carbocycles. The van der Waals surface area contributed by atoms with Gasteiger partial charge in [-0.15, -0.1) is 0 Å². The monoisotopic (exact) mass is 385 g/mol. The standard InChI is InChI=1S/C18H16BrN3O2/c1-11-6-14(19)7-13-8-15(24-18(11)13)10-22-17(23)5-3-12-2-4-16(20)21-9-12/h2-9H,10H2,1H3,(H2,20,21)(H,22,23). The summed E-state index contributed by atoms with van der Waals surface area (Å²) in [5.41, 5.74) is 8.22. The lowest BCUT2D eigenvalue weighted by Gasteiger charge is -1.99. The third-order valence-electron chi connectivity index (χ3n) is 3.49. The van der Waals surface area contributed by atoms with Gasteiger partial charge in [0.1, 0.15) is 17.2 Å². The Balaban J connectivity index is 1.64. The SMILES string of the molecule is Cc1cc(Br)cc2cc(CNC(=O)C=Cc3ccc(N)nc3)oc12. The number of halogens is 1. The summed E-state index contributed by atoms with van der Waals surface area (Å²) in [6, 6.07) is 9.40. The number of amides is 1. The van der Waals surface area contributed by atoms with Crippen LogP contribution in [-0.4, -0.2) is 10.9 Å². The van der Waals surface area contributed by atoms with Crippen LogP contribution in [0.25, 0.3) is 17.0 Å². The van der Waals surface area contributed by atoms with Crippen molar-refractivity contribution in [2.24, 2.45) is 0 Å². The lowest BCUT2D eigenvalue weighted by molar-refractivity contribution is -0.116. The average Bonchev–Trinajstić information content (AvgIpc) is 2.95. The number of carbonyl (C=O) groups is 1. The van der Waals surface area contributed by atoms with Gasteiger partial charge in [-0.3, -0.25) is 4.79 Å². The molecule has 2 aromatic heterocycles. The van der Waals surface area contributed by atoms with E-state index in [-0.39, 0.29) is 5.91 Å². The quantitative estimate of drug-likeness (QED) is 0.669. The third-order valence-corrected chi connectivity index (χ3v) is 3.95.